The van der Waals surface area contributed by atoms with Crippen molar-refractivity contribution in [1.29, 1.82) is 0 Å². The van der Waals surface area contributed by atoms with Gasteiger partial charge in [-0.1, -0.05) is 24.0 Å². The standard InChI is InChI=1S/C14H17NO2S/c1-11(10-18-2)15-14(17)13-8-4-3-6-12(13)7-5-9-16/h3-4,6,8,11,16H,9-10H2,1-2H3,(H,15,17). The van der Waals surface area contributed by atoms with Gasteiger partial charge in [-0.3, -0.25) is 4.79 Å². The third-order valence-electron chi connectivity index (χ3n) is 2.27. The summed E-state index contributed by atoms with van der Waals surface area (Å²) in [5.74, 6) is 6.09. The van der Waals surface area contributed by atoms with Crippen LogP contribution in [0, 0.1) is 11.8 Å². The van der Waals surface area contributed by atoms with Crippen LogP contribution in [-0.4, -0.2) is 35.7 Å². The Balaban J connectivity index is 2.85. The Kier molecular flexibility index (Phi) is 6.34. The minimum absolute atomic E-state index is 0.117. The molecule has 0 heterocycles. The van der Waals surface area contributed by atoms with E-state index in [4.69, 9.17) is 5.11 Å². The zero-order chi connectivity index (χ0) is 13.4. The average molecular weight is 263 g/mol. The highest BCUT2D eigenvalue weighted by Gasteiger charge is 2.11. The van der Waals surface area contributed by atoms with Gasteiger partial charge in [-0.25, -0.2) is 0 Å². The lowest BCUT2D eigenvalue weighted by atomic mass is 10.1. The monoisotopic (exact) mass is 263 g/mol. The second kappa shape index (κ2) is 7.80. The Morgan fingerprint density at radius 1 is 1.50 bits per heavy atom. The Labute approximate surface area is 112 Å². The lowest BCUT2D eigenvalue weighted by Gasteiger charge is -2.13. The molecule has 1 aromatic rings. The van der Waals surface area contributed by atoms with Crippen LogP contribution in [0.4, 0.5) is 0 Å². The first-order valence-electron chi connectivity index (χ1n) is 5.67. The molecular weight excluding hydrogens is 246 g/mol. The number of aliphatic hydroxyl groups is 1. The van der Waals surface area contributed by atoms with Gasteiger partial charge in [0.05, 0.1) is 5.56 Å². The molecule has 1 atom stereocenters. The summed E-state index contributed by atoms with van der Waals surface area (Å²) in [4.78, 5) is 12.1. The normalized spacial score (nSPS) is 11.3. The minimum Gasteiger partial charge on any atom is -0.384 e. The number of amides is 1. The quantitative estimate of drug-likeness (QED) is 0.810. The molecule has 0 aliphatic carbocycles. The number of thioether (sulfide) groups is 1. The van der Waals surface area contributed by atoms with Crippen LogP contribution in [0.15, 0.2) is 24.3 Å². The summed E-state index contributed by atoms with van der Waals surface area (Å²) < 4.78 is 0. The van der Waals surface area contributed by atoms with E-state index in [1.165, 1.54) is 0 Å². The number of hydrogen-bond acceptors (Lipinski definition) is 3. The summed E-state index contributed by atoms with van der Waals surface area (Å²) in [6.45, 7) is 1.76. The predicted octanol–water partition coefficient (Wildman–Crippen LogP) is 1.51. The topological polar surface area (TPSA) is 49.3 Å². The molecule has 3 nitrogen and oxygen atoms in total. The molecule has 0 radical (unpaired) electrons. The first-order valence-corrected chi connectivity index (χ1v) is 7.07. The second-order valence-electron chi connectivity index (χ2n) is 3.84. The number of carbonyl (C=O) groups is 1. The Hall–Kier alpha value is -1.44. The zero-order valence-corrected chi connectivity index (χ0v) is 11.4. The SMILES string of the molecule is CSCC(C)NC(=O)c1ccccc1C#CCO. The van der Waals surface area contributed by atoms with Gasteiger partial charge in [0.15, 0.2) is 0 Å². The molecule has 0 aliphatic rings. The van der Waals surface area contributed by atoms with Crippen molar-refractivity contribution in [3.05, 3.63) is 35.4 Å². The van der Waals surface area contributed by atoms with Crippen molar-refractivity contribution in [2.75, 3.05) is 18.6 Å². The van der Waals surface area contributed by atoms with E-state index in [0.29, 0.717) is 11.1 Å². The van der Waals surface area contributed by atoms with Crippen molar-refractivity contribution >= 4 is 17.7 Å². The summed E-state index contributed by atoms with van der Waals surface area (Å²) >= 11 is 1.69. The second-order valence-corrected chi connectivity index (χ2v) is 4.75. The van der Waals surface area contributed by atoms with E-state index in [0.717, 1.165) is 5.75 Å². The van der Waals surface area contributed by atoms with Crippen LogP contribution in [0.2, 0.25) is 0 Å². The summed E-state index contributed by atoms with van der Waals surface area (Å²) in [6.07, 6.45) is 2.00. The molecule has 0 spiro atoms. The van der Waals surface area contributed by atoms with Crippen molar-refractivity contribution in [1.82, 2.24) is 5.32 Å². The van der Waals surface area contributed by atoms with E-state index >= 15 is 0 Å². The molecular formula is C14H17NO2S. The van der Waals surface area contributed by atoms with Gasteiger partial charge in [0.2, 0.25) is 0 Å². The summed E-state index contributed by atoms with van der Waals surface area (Å²) in [5.41, 5.74) is 1.19. The number of aliphatic hydroxyl groups excluding tert-OH is 1. The lowest BCUT2D eigenvalue weighted by molar-refractivity contribution is 0.0943. The summed E-state index contributed by atoms with van der Waals surface area (Å²) in [7, 11) is 0. The maximum absolute atomic E-state index is 12.1. The van der Waals surface area contributed by atoms with Crippen LogP contribution in [0.1, 0.15) is 22.8 Å². The van der Waals surface area contributed by atoms with Gasteiger partial charge in [0.25, 0.3) is 5.91 Å². The van der Waals surface area contributed by atoms with Crippen molar-refractivity contribution < 1.29 is 9.90 Å². The van der Waals surface area contributed by atoms with Crippen LogP contribution in [0.25, 0.3) is 0 Å². The van der Waals surface area contributed by atoms with Crippen molar-refractivity contribution in [3.63, 3.8) is 0 Å². The van der Waals surface area contributed by atoms with Crippen LogP contribution in [0.5, 0.6) is 0 Å². The lowest BCUT2D eigenvalue weighted by Crippen LogP contribution is -2.34. The Morgan fingerprint density at radius 3 is 2.89 bits per heavy atom. The smallest absolute Gasteiger partial charge is 0.252 e. The van der Waals surface area contributed by atoms with Gasteiger partial charge in [-0.05, 0) is 25.3 Å². The third-order valence-corrected chi connectivity index (χ3v) is 3.10. The fourth-order valence-electron chi connectivity index (χ4n) is 1.52. The highest BCUT2D eigenvalue weighted by molar-refractivity contribution is 7.98. The van der Waals surface area contributed by atoms with E-state index in [1.807, 2.05) is 19.2 Å². The fraction of sp³-hybridized carbons (Fsp3) is 0.357. The molecule has 0 bridgehead atoms. The first kappa shape index (κ1) is 14.6. The molecule has 2 N–H and O–H groups in total. The molecule has 1 rings (SSSR count). The average Bonchev–Trinajstić information content (AvgIpc) is 2.36. The molecule has 4 heteroatoms. The van der Waals surface area contributed by atoms with Crippen LogP contribution in [0.3, 0.4) is 0 Å². The number of carbonyl (C=O) groups excluding carboxylic acids is 1. The fourth-order valence-corrected chi connectivity index (χ4v) is 2.10. The van der Waals surface area contributed by atoms with E-state index in [-0.39, 0.29) is 18.6 Å². The number of hydrogen-bond donors (Lipinski definition) is 2. The van der Waals surface area contributed by atoms with E-state index in [1.54, 1.807) is 30.0 Å². The third kappa shape index (κ3) is 4.44. The molecule has 0 aliphatic heterocycles. The maximum atomic E-state index is 12.1. The Bertz CT molecular complexity index is 462. The summed E-state index contributed by atoms with van der Waals surface area (Å²) in [6, 6.07) is 7.26. The highest BCUT2D eigenvalue weighted by Crippen LogP contribution is 2.08. The van der Waals surface area contributed by atoms with Gasteiger partial charge in [-0.2, -0.15) is 11.8 Å². The minimum atomic E-state index is -0.209. The highest BCUT2D eigenvalue weighted by atomic mass is 32.2. The molecule has 0 aromatic heterocycles. The van der Waals surface area contributed by atoms with Gasteiger partial charge >= 0.3 is 0 Å². The van der Waals surface area contributed by atoms with Crippen molar-refractivity contribution in [2.45, 2.75) is 13.0 Å². The molecule has 1 unspecified atom stereocenters. The zero-order valence-electron chi connectivity index (χ0n) is 10.6. The molecule has 1 amide bonds. The molecule has 1 aromatic carbocycles. The summed E-state index contributed by atoms with van der Waals surface area (Å²) in [5, 5.41) is 11.6. The number of rotatable bonds is 4. The van der Waals surface area contributed by atoms with Crippen LogP contribution >= 0.6 is 11.8 Å². The van der Waals surface area contributed by atoms with Crippen molar-refractivity contribution in [3.8, 4) is 11.8 Å². The largest absolute Gasteiger partial charge is 0.384 e. The molecule has 0 fully saturated rings. The Morgan fingerprint density at radius 2 is 2.22 bits per heavy atom. The van der Waals surface area contributed by atoms with Crippen molar-refractivity contribution in [2.24, 2.45) is 0 Å². The van der Waals surface area contributed by atoms with Gasteiger partial charge in [-0.15, -0.1) is 0 Å². The first-order chi connectivity index (χ1) is 8.69. The van der Waals surface area contributed by atoms with Gasteiger partial charge < -0.3 is 10.4 Å². The van der Waals surface area contributed by atoms with Crippen LogP contribution < -0.4 is 5.32 Å². The molecule has 0 saturated carbocycles. The van der Waals surface area contributed by atoms with Gasteiger partial charge in [0, 0.05) is 17.4 Å². The predicted molar refractivity (Wildman–Crippen MR) is 75.7 cm³/mol. The maximum Gasteiger partial charge on any atom is 0.252 e. The molecule has 18 heavy (non-hydrogen) atoms. The van der Waals surface area contributed by atoms with Gasteiger partial charge in [0.1, 0.15) is 6.61 Å². The van der Waals surface area contributed by atoms with E-state index < -0.39 is 0 Å². The molecule has 0 saturated heterocycles. The number of benzene rings is 1. The van der Waals surface area contributed by atoms with Crippen LogP contribution in [-0.2, 0) is 0 Å². The van der Waals surface area contributed by atoms with E-state index in [2.05, 4.69) is 17.2 Å². The molecule has 96 valence electrons. The van der Waals surface area contributed by atoms with E-state index in [9.17, 15) is 4.79 Å². The number of nitrogens with one attached hydrogen (secondary N) is 1.